The van der Waals surface area contributed by atoms with Crippen LogP contribution in [0.25, 0.3) is 0 Å². The van der Waals surface area contributed by atoms with E-state index >= 15 is 0 Å². The molecule has 0 radical (unpaired) electrons. The highest BCUT2D eigenvalue weighted by Crippen LogP contribution is 2.45. The zero-order valence-electron chi connectivity index (χ0n) is 15.2. The highest BCUT2D eigenvalue weighted by Gasteiger charge is 2.50. The van der Waals surface area contributed by atoms with Gasteiger partial charge in [0.1, 0.15) is 11.3 Å². The number of hydrogen-bond donors (Lipinski definition) is 0. The van der Waals surface area contributed by atoms with Gasteiger partial charge in [-0.25, -0.2) is 0 Å². The first-order valence-electron chi connectivity index (χ1n) is 9.23. The van der Waals surface area contributed by atoms with Crippen LogP contribution < -0.4 is 0 Å². The second kappa shape index (κ2) is 6.72. The maximum Gasteiger partial charge on any atom is 0.259 e. The minimum atomic E-state index is 0.0348. The van der Waals surface area contributed by atoms with Crippen molar-refractivity contribution in [2.45, 2.75) is 18.8 Å². The smallest absolute Gasteiger partial charge is 0.259 e. The molecule has 2 aromatic rings. The second-order valence-corrected chi connectivity index (χ2v) is 7.50. The van der Waals surface area contributed by atoms with Crippen LogP contribution >= 0.6 is 0 Å². The number of amides is 1. The van der Waals surface area contributed by atoms with E-state index in [0.717, 1.165) is 39.1 Å². The van der Waals surface area contributed by atoms with Gasteiger partial charge in [-0.1, -0.05) is 41.6 Å². The average Bonchev–Trinajstić information content (AvgIpc) is 3.25. The molecule has 2 aliphatic heterocycles. The van der Waals surface area contributed by atoms with Crippen molar-refractivity contribution in [1.29, 1.82) is 0 Å². The van der Waals surface area contributed by atoms with Crippen molar-refractivity contribution < 1.29 is 9.32 Å². The van der Waals surface area contributed by atoms with Crippen molar-refractivity contribution in [3.63, 3.8) is 0 Å². The summed E-state index contributed by atoms with van der Waals surface area (Å²) < 4.78 is 5.08. The van der Waals surface area contributed by atoms with Gasteiger partial charge in [0.05, 0.1) is 6.20 Å². The molecule has 26 heavy (non-hydrogen) atoms. The molecule has 0 bridgehead atoms. The topological polar surface area (TPSA) is 49.6 Å². The normalized spacial score (nSPS) is 25.9. The number of piperidine rings is 1. The molecule has 136 valence electrons. The summed E-state index contributed by atoms with van der Waals surface area (Å²) in [5, 5.41) is 3.76. The first kappa shape index (κ1) is 17.0. The Kier molecular flexibility index (Phi) is 4.41. The third kappa shape index (κ3) is 2.76. The molecule has 5 nitrogen and oxygen atoms in total. The Morgan fingerprint density at radius 3 is 2.88 bits per heavy atom. The SMILES string of the molecule is C=CCN1CC2CN(C(=O)c3cnoc3C)CCC2(c2ccccc2)C1. The number of rotatable bonds is 4. The van der Waals surface area contributed by atoms with E-state index in [9.17, 15) is 4.79 Å². The monoisotopic (exact) mass is 351 g/mol. The summed E-state index contributed by atoms with van der Waals surface area (Å²) in [6.45, 7) is 10.1. The van der Waals surface area contributed by atoms with Crippen molar-refractivity contribution in [1.82, 2.24) is 15.0 Å². The first-order chi connectivity index (χ1) is 12.6. The Morgan fingerprint density at radius 1 is 1.38 bits per heavy atom. The molecule has 0 saturated carbocycles. The lowest BCUT2D eigenvalue weighted by Gasteiger charge is -2.44. The Balaban J connectivity index is 1.61. The fourth-order valence-electron chi connectivity index (χ4n) is 4.71. The quantitative estimate of drug-likeness (QED) is 0.795. The van der Waals surface area contributed by atoms with Crippen LogP contribution in [-0.4, -0.2) is 53.6 Å². The van der Waals surface area contributed by atoms with Crippen LogP contribution in [0.15, 0.2) is 53.7 Å². The number of carbonyl (C=O) groups excluding carboxylic acids is 1. The van der Waals surface area contributed by atoms with Gasteiger partial charge in [0.2, 0.25) is 0 Å². The maximum absolute atomic E-state index is 12.9. The zero-order valence-corrected chi connectivity index (χ0v) is 15.2. The Labute approximate surface area is 154 Å². The van der Waals surface area contributed by atoms with E-state index < -0.39 is 0 Å². The zero-order chi connectivity index (χ0) is 18.1. The molecule has 0 N–H and O–H groups in total. The van der Waals surface area contributed by atoms with Crippen molar-refractivity contribution in [3.8, 4) is 0 Å². The molecular weight excluding hydrogens is 326 g/mol. The van der Waals surface area contributed by atoms with Gasteiger partial charge in [-0.2, -0.15) is 0 Å². The van der Waals surface area contributed by atoms with Crippen LogP contribution in [0.4, 0.5) is 0 Å². The number of hydrogen-bond acceptors (Lipinski definition) is 4. The third-order valence-corrected chi connectivity index (χ3v) is 6.04. The predicted octanol–water partition coefficient (Wildman–Crippen LogP) is 2.88. The molecule has 2 unspecified atom stereocenters. The molecule has 5 heteroatoms. The van der Waals surface area contributed by atoms with E-state index in [-0.39, 0.29) is 11.3 Å². The third-order valence-electron chi connectivity index (χ3n) is 6.04. The summed E-state index contributed by atoms with van der Waals surface area (Å²) in [5.41, 5.74) is 2.09. The van der Waals surface area contributed by atoms with Gasteiger partial charge in [-0.3, -0.25) is 9.69 Å². The van der Waals surface area contributed by atoms with Gasteiger partial charge >= 0.3 is 0 Å². The molecule has 0 aliphatic carbocycles. The standard InChI is InChI=1S/C21H25N3O2/c1-3-10-23-13-18-14-24(20(25)19-12-22-26-16(19)2)11-9-21(18,15-23)17-7-5-4-6-8-17/h3-8,12,18H,1,9-11,13-15H2,2H3. The number of nitrogens with zero attached hydrogens (tertiary/aromatic N) is 3. The van der Waals surface area contributed by atoms with Crippen LogP contribution in [0.1, 0.15) is 28.1 Å². The van der Waals surface area contributed by atoms with Crippen molar-refractivity contribution >= 4 is 5.91 Å². The molecule has 4 rings (SSSR count). The Hall–Kier alpha value is -2.40. The Morgan fingerprint density at radius 2 is 2.19 bits per heavy atom. The van der Waals surface area contributed by atoms with Crippen molar-refractivity contribution in [2.24, 2.45) is 5.92 Å². The van der Waals surface area contributed by atoms with Crippen molar-refractivity contribution in [3.05, 3.63) is 66.1 Å². The fourth-order valence-corrected chi connectivity index (χ4v) is 4.71. The summed E-state index contributed by atoms with van der Waals surface area (Å²) in [5.74, 6) is 1.05. The highest BCUT2D eigenvalue weighted by molar-refractivity contribution is 5.94. The molecule has 1 aromatic carbocycles. The van der Waals surface area contributed by atoms with Crippen LogP contribution in [0.5, 0.6) is 0 Å². The summed E-state index contributed by atoms with van der Waals surface area (Å²) in [6.07, 6.45) is 4.49. The van der Waals surface area contributed by atoms with E-state index in [2.05, 4.69) is 47.0 Å². The number of fused-ring (bicyclic) bond motifs is 1. The Bertz CT molecular complexity index is 801. The molecule has 1 aromatic heterocycles. The molecule has 2 fully saturated rings. The molecule has 2 atom stereocenters. The highest BCUT2D eigenvalue weighted by atomic mass is 16.5. The minimum absolute atomic E-state index is 0.0348. The van der Waals surface area contributed by atoms with Gasteiger partial charge in [0.25, 0.3) is 5.91 Å². The molecule has 1 amide bonds. The number of aryl methyl sites for hydroxylation is 1. The van der Waals surface area contributed by atoms with Gasteiger partial charge in [0.15, 0.2) is 0 Å². The van der Waals surface area contributed by atoms with E-state index in [1.165, 1.54) is 11.8 Å². The molecule has 2 aliphatic rings. The summed E-state index contributed by atoms with van der Waals surface area (Å²) >= 11 is 0. The molecular formula is C21H25N3O2. The average molecular weight is 351 g/mol. The summed E-state index contributed by atoms with van der Waals surface area (Å²) in [7, 11) is 0. The lowest BCUT2D eigenvalue weighted by atomic mass is 9.68. The summed E-state index contributed by atoms with van der Waals surface area (Å²) in [4.78, 5) is 17.4. The molecule has 3 heterocycles. The van der Waals surface area contributed by atoms with Crippen LogP contribution in [-0.2, 0) is 5.41 Å². The van der Waals surface area contributed by atoms with Crippen LogP contribution in [0.3, 0.4) is 0 Å². The van der Waals surface area contributed by atoms with E-state index in [0.29, 0.717) is 17.2 Å². The lowest BCUT2D eigenvalue weighted by molar-refractivity contribution is 0.0601. The van der Waals surface area contributed by atoms with Gasteiger partial charge in [-0.15, -0.1) is 6.58 Å². The largest absolute Gasteiger partial charge is 0.361 e. The predicted molar refractivity (Wildman–Crippen MR) is 100 cm³/mol. The number of carbonyl (C=O) groups is 1. The van der Waals surface area contributed by atoms with E-state index in [1.54, 1.807) is 6.92 Å². The second-order valence-electron chi connectivity index (χ2n) is 7.50. The lowest BCUT2D eigenvalue weighted by Crippen LogP contribution is -2.51. The van der Waals surface area contributed by atoms with Gasteiger partial charge in [-0.05, 0) is 18.9 Å². The number of likely N-dealkylation sites (tertiary alicyclic amines) is 2. The minimum Gasteiger partial charge on any atom is -0.361 e. The van der Waals surface area contributed by atoms with Crippen molar-refractivity contribution in [2.75, 3.05) is 32.7 Å². The molecule has 2 saturated heterocycles. The number of aromatic nitrogens is 1. The summed E-state index contributed by atoms with van der Waals surface area (Å²) in [6, 6.07) is 10.8. The van der Waals surface area contributed by atoms with Crippen LogP contribution in [0, 0.1) is 12.8 Å². The van der Waals surface area contributed by atoms with Gasteiger partial charge < -0.3 is 9.42 Å². The fraction of sp³-hybridized carbons (Fsp3) is 0.429. The van der Waals surface area contributed by atoms with E-state index in [1.807, 2.05) is 11.0 Å². The maximum atomic E-state index is 12.9. The molecule has 0 spiro atoms. The number of benzene rings is 1. The first-order valence-corrected chi connectivity index (χ1v) is 9.23. The van der Waals surface area contributed by atoms with Gasteiger partial charge in [0, 0.05) is 44.1 Å². The van der Waals surface area contributed by atoms with Crippen LogP contribution in [0.2, 0.25) is 0 Å². The van der Waals surface area contributed by atoms with E-state index in [4.69, 9.17) is 4.52 Å².